The van der Waals surface area contributed by atoms with Gasteiger partial charge in [0.25, 0.3) is 5.91 Å². The highest BCUT2D eigenvalue weighted by atomic mass is 16.5. The lowest BCUT2D eigenvalue weighted by molar-refractivity contribution is 0.0942. The molecule has 7 nitrogen and oxygen atoms in total. The molecule has 7 heteroatoms. The largest absolute Gasteiger partial charge is 0.355 e. The fraction of sp³-hybridized carbons (Fsp3) is 0.294. The minimum absolute atomic E-state index is 0.259. The molecule has 0 atom stereocenters. The van der Waals surface area contributed by atoms with Crippen molar-refractivity contribution < 1.29 is 9.32 Å². The summed E-state index contributed by atoms with van der Waals surface area (Å²) in [6, 6.07) is 5.29. The Kier molecular flexibility index (Phi) is 3.82. The van der Waals surface area contributed by atoms with E-state index in [0.29, 0.717) is 12.3 Å². The molecule has 0 unspecified atom stereocenters. The Balaban J connectivity index is 1.44. The lowest BCUT2D eigenvalue weighted by Gasteiger charge is -2.14. The molecule has 0 spiro atoms. The number of hydrogen-bond donors (Lipinski definition) is 1. The summed E-state index contributed by atoms with van der Waals surface area (Å²) in [4.78, 5) is 16.3. The number of hydrogen-bond acceptors (Lipinski definition) is 5. The second kappa shape index (κ2) is 6.27. The molecule has 0 fully saturated rings. The van der Waals surface area contributed by atoms with Gasteiger partial charge in [0.15, 0.2) is 11.5 Å². The Bertz CT molecular complexity index is 853. The quantitative estimate of drug-likeness (QED) is 0.795. The molecule has 0 aromatic carbocycles. The summed E-state index contributed by atoms with van der Waals surface area (Å²) >= 11 is 0. The van der Waals surface area contributed by atoms with E-state index in [1.807, 2.05) is 16.9 Å². The van der Waals surface area contributed by atoms with Gasteiger partial charge in [0.2, 0.25) is 0 Å². The molecule has 24 heavy (non-hydrogen) atoms. The van der Waals surface area contributed by atoms with Crippen LogP contribution in [0.1, 0.15) is 34.6 Å². The van der Waals surface area contributed by atoms with Crippen LogP contribution in [0.15, 0.2) is 41.3 Å². The van der Waals surface area contributed by atoms with Gasteiger partial charge in [-0.05, 0) is 31.4 Å². The van der Waals surface area contributed by atoms with E-state index in [1.165, 1.54) is 12.1 Å². The number of pyridine rings is 1. The third-order valence-electron chi connectivity index (χ3n) is 4.20. The molecule has 0 radical (unpaired) electrons. The van der Waals surface area contributed by atoms with Gasteiger partial charge in [-0.25, -0.2) is 0 Å². The Morgan fingerprint density at radius 3 is 3.17 bits per heavy atom. The lowest BCUT2D eigenvalue weighted by Crippen LogP contribution is -2.24. The van der Waals surface area contributed by atoms with Crippen molar-refractivity contribution in [3.63, 3.8) is 0 Å². The molecule has 4 rings (SSSR count). The summed E-state index contributed by atoms with van der Waals surface area (Å²) in [7, 11) is 0. The van der Waals surface area contributed by atoms with E-state index in [-0.39, 0.29) is 11.6 Å². The zero-order chi connectivity index (χ0) is 16.4. The standard InChI is InChI=1S/C17H17N5O2/c23-17(14-8-16(24-21-14)12-4-3-6-18-9-12)19-10-13-11-20-22-7-2-1-5-15(13)22/h3-4,6,8-9,11H,1-2,5,7,10H2,(H,19,23). The van der Waals surface area contributed by atoms with E-state index in [0.717, 1.165) is 30.5 Å². The summed E-state index contributed by atoms with van der Waals surface area (Å²) in [5, 5.41) is 11.1. The van der Waals surface area contributed by atoms with Gasteiger partial charge in [-0.3, -0.25) is 14.5 Å². The predicted octanol–water partition coefficient (Wildman–Crippen LogP) is 2.20. The molecule has 122 valence electrons. The number of fused-ring (bicyclic) bond motifs is 1. The minimum Gasteiger partial charge on any atom is -0.355 e. The van der Waals surface area contributed by atoms with Crippen LogP contribution in [0.4, 0.5) is 0 Å². The van der Waals surface area contributed by atoms with E-state index in [1.54, 1.807) is 24.5 Å². The number of rotatable bonds is 4. The number of amides is 1. The van der Waals surface area contributed by atoms with Crippen molar-refractivity contribution in [3.8, 4) is 11.3 Å². The Morgan fingerprint density at radius 2 is 2.29 bits per heavy atom. The normalized spacial score (nSPS) is 13.5. The highest BCUT2D eigenvalue weighted by molar-refractivity contribution is 5.93. The average Bonchev–Trinajstić information content (AvgIpc) is 3.28. The topological polar surface area (TPSA) is 85.8 Å². The van der Waals surface area contributed by atoms with Crippen LogP contribution in [0.5, 0.6) is 0 Å². The molecular weight excluding hydrogens is 306 g/mol. The Labute approximate surface area is 138 Å². The molecule has 4 heterocycles. The van der Waals surface area contributed by atoms with Gasteiger partial charge in [0.1, 0.15) is 0 Å². The molecule has 1 amide bonds. The van der Waals surface area contributed by atoms with Crippen molar-refractivity contribution in [3.05, 3.63) is 53.7 Å². The molecule has 1 aliphatic heterocycles. The maximum atomic E-state index is 12.3. The fourth-order valence-corrected chi connectivity index (χ4v) is 2.93. The van der Waals surface area contributed by atoms with Gasteiger partial charge in [-0.2, -0.15) is 5.10 Å². The van der Waals surface area contributed by atoms with Crippen LogP contribution < -0.4 is 5.32 Å². The van der Waals surface area contributed by atoms with Crippen molar-refractivity contribution in [2.24, 2.45) is 0 Å². The molecule has 3 aromatic heterocycles. The maximum Gasteiger partial charge on any atom is 0.273 e. The summed E-state index contributed by atoms with van der Waals surface area (Å²) in [6.45, 7) is 1.41. The minimum atomic E-state index is -0.260. The molecule has 0 bridgehead atoms. The Hall–Kier alpha value is -2.96. The first-order valence-electron chi connectivity index (χ1n) is 8.00. The molecule has 3 aromatic rings. The first-order valence-corrected chi connectivity index (χ1v) is 8.00. The maximum absolute atomic E-state index is 12.3. The van der Waals surface area contributed by atoms with Gasteiger partial charge in [-0.15, -0.1) is 0 Å². The summed E-state index contributed by atoms with van der Waals surface area (Å²) in [6.07, 6.45) is 8.54. The molecule has 1 N–H and O–H groups in total. The van der Waals surface area contributed by atoms with Crippen molar-refractivity contribution in [2.45, 2.75) is 32.4 Å². The van der Waals surface area contributed by atoms with E-state index < -0.39 is 0 Å². The van der Waals surface area contributed by atoms with Crippen LogP contribution in [0.25, 0.3) is 11.3 Å². The second-order valence-electron chi connectivity index (χ2n) is 5.80. The first kappa shape index (κ1) is 14.6. The van der Waals surface area contributed by atoms with Crippen molar-refractivity contribution in [2.75, 3.05) is 0 Å². The van der Waals surface area contributed by atoms with Crippen LogP contribution in [0.3, 0.4) is 0 Å². The fourth-order valence-electron chi connectivity index (χ4n) is 2.93. The van der Waals surface area contributed by atoms with Crippen molar-refractivity contribution in [1.82, 2.24) is 25.2 Å². The van der Waals surface area contributed by atoms with Crippen LogP contribution in [0, 0.1) is 0 Å². The van der Waals surface area contributed by atoms with Crippen LogP contribution >= 0.6 is 0 Å². The number of aryl methyl sites for hydroxylation is 1. The van der Waals surface area contributed by atoms with Gasteiger partial charge >= 0.3 is 0 Å². The number of nitrogens with one attached hydrogen (secondary N) is 1. The first-order chi connectivity index (χ1) is 11.8. The van der Waals surface area contributed by atoms with E-state index in [2.05, 4.69) is 20.6 Å². The predicted molar refractivity (Wildman–Crippen MR) is 86.1 cm³/mol. The summed E-state index contributed by atoms with van der Waals surface area (Å²) in [5.41, 5.74) is 3.33. The number of carbonyl (C=O) groups is 1. The summed E-state index contributed by atoms with van der Waals surface area (Å²) < 4.78 is 7.26. The lowest BCUT2D eigenvalue weighted by atomic mass is 10.1. The van der Waals surface area contributed by atoms with Crippen molar-refractivity contribution in [1.29, 1.82) is 0 Å². The van der Waals surface area contributed by atoms with Gasteiger partial charge < -0.3 is 9.84 Å². The number of nitrogens with zero attached hydrogens (tertiary/aromatic N) is 4. The third-order valence-corrected chi connectivity index (χ3v) is 4.20. The zero-order valence-electron chi connectivity index (χ0n) is 13.1. The molecule has 0 saturated carbocycles. The van der Waals surface area contributed by atoms with E-state index in [9.17, 15) is 4.79 Å². The highest BCUT2D eigenvalue weighted by Gasteiger charge is 2.17. The van der Waals surface area contributed by atoms with Gasteiger partial charge in [-0.1, -0.05) is 5.16 Å². The smallest absolute Gasteiger partial charge is 0.273 e. The highest BCUT2D eigenvalue weighted by Crippen LogP contribution is 2.20. The monoisotopic (exact) mass is 323 g/mol. The number of carbonyl (C=O) groups excluding carboxylic acids is 1. The van der Waals surface area contributed by atoms with Gasteiger partial charge in [0.05, 0.1) is 6.20 Å². The van der Waals surface area contributed by atoms with Crippen LogP contribution in [0.2, 0.25) is 0 Å². The number of aromatic nitrogens is 4. The van der Waals surface area contributed by atoms with Gasteiger partial charge in [0, 0.05) is 48.4 Å². The zero-order valence-corrected chi connectivity index (χ0v) is 13.1. The Morgan fingerprint density at radius 1 is 1.33 bits per heavy atom. The summed E-state index contributed by atoms with van der Waals surface area (Å²) in [5.74, 6) is 0.265. The average molecular weight is 323 g/mol. The van der Waals surface area contributed by atoms with E-state index in [4.69, 9.17) is 4.52 Å². The SMILES string of the molecule is O=C(NCc1cnn2c1CCCC2)c1cc(-c2cccnc2)on1. The van der Waals surface area contributed by atoms with Crippen LogP contribution in [-0.4, -0.2) is 25.8 Å². The molecule has 1 aliphatic rings. The molecule has 0 aliphatic carbocycles. The van der Waals surface area contributed by atoms with Crippen molar-refractivity contribution >= 4 is 5.91 Å². The third kappa shape index (κ3) is 2.80. The molecular formula is C17H17N5O2. The molecule has 0 saturated heterocycles. The second-order valence-corrected chi connectivity index (χ2v) is 5.80. The van der Waals surface area contributed by atoms with E-state index >= 15 is 0 Å². The van der Waals surface area contributed by atoms with Crippen LogP contribution in [-0.2, 0) is 19.5 Å².